The quantitative estimate of drug-likeness (QED) is 0.809. The van der Waals surface area contributed by atoms with Crippen LogP contribution in [0, 0.1) is 0 Å². The van der Waals surface area contributed by atoms with E-state index in [0.29, 0.717) is 5.88 Å². The first-order valence-corrected chi connectivity index (χ1v) is 7.48. The number of aryl methyl sites for hydroxylation is 1. The molecule has 0 amide bonds. The second-order valence-electron chi connectivity index (χ2n) is 4.99. The monoisotopic (exact) mass is 285 g/mol. The average molecular weight is 285 g/mol. The Hall–Kier alpha value is -1.94. The van der Waals surface area contributed by atoms with Gasteiger partial charge in [-0.3, -0.25) is 0 Å². The van der Waals surface area contributed by atoms with Gasteiger partial charge in [0.05, 0.1) is 18.8 Å². The molecule has 1 unspecified atom stereocenters. The first kappa shape index (κ1) is 15.4. The van der Waals surface area contributed by atoms with Crippen molar-refractivity contribution < 1.29 is 4.74 Å². The molecule has 21 heavy (non-hydrogen) atoms. The molecule has 112 valence electrons. The minimum absolute atomic E-state index is 0.247. The van der Waals surface area contributed by atoms with Gasteiger partial charge in [0.15, 0.2) is 0 Å². The topological polar surface area (TPSA) is 47.0 Å². The van der Waals surface area contributed by atoms with Crippen LogP contribution >= 0.6 is 0 Å². The summed E-state index contributed by atoms with van der Waals surface area (Å²) in [5.74, 6) is 0.554. The standard InChI is InChI=1S/C17H23N3O/c1-3-18-15(16-12-13-17(21-2)20-19-16)11-7-10-14-8-5-4-6-9-14/h4-6,8-9,12-13,15,18H,3,7,10-11H2,1-2H3. The molecular weight excluding hydrogens is 262 g/mol. The predicted molar refractivity (Wildman–Crippen MR) is 84.4 cm³/mol. The van der Waals surface area contributed by atoms with Gasteiger partial charge in [0.1, 0.15) is 0 Å². The van der Waals surface area contributed by atoms with Crippen LogP contribution in [-0.2, 0) is 6.42 Å². The van der Waals surface area contributed by atoms with E-state index < -0.39 is 0 Å². The number of rotatable bonds is 8. The van der Waals surface area contributed by atoms with Gasteiger partial charge >= 0.3 is 0 Å². The molecule has 0 aliphatic heterocycles. The third-order valence-electron chi connectivity index (χ3n) is 3.48. The van der Waals surface area contributed by atoms with Crippen molar-refractivity contribution in [3.8, 4) is 5.88 Å². The number of nitrogens with zero attached hydrogens (tertiary/aromatic N) is 2. The SMILES string of the molecule is CCNC(CCCc1ccccc1)c1ccc(OC)nn1. The number of aromatic nitrogens is 2. The van der Waals surface area contributed by atoms with Crippen LogP contribution in [0.25, 0.3) is 0 Å². The second-order valence-corrected chi connectivity index (χ2v) is 4.99. The Labute approximate surface area is 126 Å². The van der Waals surface area contributed by atoms with E-state index >= 15 is 0 Å². The van der Waals surface area contributed by atoms with Crippen molar-refractivity contribution in [2.45, 2.75) is 32.2 Å². The average Bonchev–Trinajstić information content (AvgIpc) is 2.55. The van der Waals surface area contributed by atoms with Crippen molar-refractivity contribution in [1.29, 1.82) is 0 Å². The molecule has 1 aromatic carbocycles. The highest BCUT2D eigenvalue weighted by Gasteiger charge is 2.12. The zero-order valence-electron chi connectivity index (χ0n) is 12.7. The number of hydrogen-bond acceptors (Lipinski definition) is 4. The molecule has 2 aromatic rings. The van der Waals surface area contributed by atoms with Crippen LogP contribution in [-0.4, -0.2) is 23.9 Å². The Morgan fingerprint density at radius 1 is 1.10 bits per heavy atom. The molecule has 0 aliphatic rings. The molecule has 4 heteroatoms. The van der Waals surface area contributed by atoms with Crippen molar-refractivity contribution >= 4 is 0 Å². The van der Waals surface area contributed by atoms with Crippen LogP contribution in [0.3, 0.4) is 0 Å². The minimum Gasteiger partial charge on any atom is -0.480 e. The third kappa shape index (κ3) is 4.83. The molecule has 0 bridgehead atoms. The van der Waals surface area contributed by atoms with E-state index in [1.807, 2.05) is 12.1 Å². The Kier molecular flexibility index (Phi) is 6.16. The Morgan fingerprint density at radius 2 is 1.90 bits per heavy atom. The Bertz CT molecular complexity index is 513. The number of benzene rings is 1. The van der Waals surface area contributed by atoms with Gasteiger partial charge in [0.25, 0.3) is 0 Å². The molecular formula is C17H23N3O. The van der Waals surface area contributed by atoms with E-state index in [9.17, 15) is 0 Å². The first-order chi connectivity index (χ1) is 10.3. The van der Waals surface area contributed by atoms with Crippen LogP contribution < -0.4 is 10.1 Å². The first-order valence-electron chi connectivity index (χ1n) is 7.48. The van der Waals surface area contributed by atoms with Gasteiger partial charge in [0, 0.05) is 6.07 Å². The highest BCUT2D eigenvalue weighted by molar-refractivity contribution is 5.16. The van der Waals surface area contributed by atoms with Gasteiger partial charge in [-0.2, -0.15) is 5.10 Å². The maximum absolute atomic E-state index is 5.05. The van der Waals surface area contributed by atoms with Crippen molar-refractivity contribution in [2.24, 2.45) is 0 Å². The highest BCUT2D eigenvalue weighted by atomic mass is 16.5. The molecule has 0 saturated heterocycles. The minimum atomic E-state index is 0.247. The third-order valence-corrected chi connectivity index (χ3v) is 3.48. The number of methoxy groups -OCH3 is 1. The van der Waals surface area contributed by atoms with Crippen LogP contribution in [0.1, 0.15) is 37.1 Å². The van der Waals surface area contributed by atoms with Crippen LogP contribution in [0.2, 0.25) is 0 Å². The van der Waals surface area contributed by atoms with E-state index in [1.165, 1.54) is 5.56 Å². The zero-order valence-corrected chi connectivity index (χ0v) is 12.7. The molecule has 1 heterocycles. The van der Waals surface area contributed by atoms with E-state index in [4.69, 9.17) is 4.74 Å². The second kappa shape index (κ2) is 8.37. The van der Waals surface area contributed by atoms with Gasteiger partial charge in [-0.15, -0.1) is 5.10 Å². The van der Waals surface area contributed by atoms with Crippen LogP contribution in [0.5, 0.6) is 5.88 Å². The molecule has 0 saturated carbocycles. The lowest BCUT2D eigenvalue weighted by molar-refractivity contribution is 0.388. The summed E-state index contributed by atoms with van der Waals surface area (Å²) in [5, 5.41) is 11.8. The molecule has 1 atom stereocenters. The van der Waals surface area contributed by atoms with E-state index in [1.54, 1.807) is 7.11 Å². The summed E-state index contributed by atoms with van der Waals surface area (Å²) < 4.78 is 5.05. The van der Waals surface area contributed by atoms with Gasteiger partial charge in [-0.05, 0) is 37.4 Å². The number of nitrogens with one attached hydrogen (secondary N) is 1. The zero-order chi connectivity index (χ0) is 14.9. The normalized spacial score (nSPS) is 12.1. The molecule has 0 aliphatic carbocycles. The predicted octanol–water partition coefficient (Wildman–Crippen LogP) is 3.16. The lowest BCUT2D eigenvalue weighted by Gasteiger charge is -2.17. The van der Waals surface area contributed by atoms with Gasteiger partial charge in [-0.25, -0.2) is 0 Å². The summed E-state index contributed by atoms with van der Waals surface area (Å²) in [7, 11) is 1.60. The highest BCUT2D eigenvalue weighted by Crippen LogP contribution is 2.18. The summed E-state index contributed by atoms with van der Waals surface area (Å²) in [6.07, 6.45) is 3.26. The smallest absolute Gasteiger partial charge is 0.233 e. The van der Waals surface area contributed by atoms with E-state index in [0.717, 1.165) is 31.5 Å². The molecule has 0 spiro atoms. The number of hydrogen-bond donors (Lipinski definition) is 1. The Morgan fingerprint density at radius 3 is 2.52 bits per heavy atom. The molecule has 2 rings (SSSR count). The molecule has 0 radical (unpaired) electrons. The lowest BCUT2D eigenvalue weighted by Crippen LogP contribution is -2.22. The fourth-order valence-corrected chi connectivity index (χ4v) is 2.38. The molecule has 4 nitrogen and oxygen atoms in total. The fourth-order valence-electron chi connectivity index (χ4n) is 2.38. The summed E-state index contributed by atoms with van der Waals surface area (Å²) in [4.78, 5) is 0. The summed E-state index contributed by atoms with van der Waals surface area (Å²) >= 11 is 0. The summed E-state index contributed by atoms with van der Waals surface area (Å²) in [6.45, 7) is 3.03. The molecule has 0 fully saturated rings. The van der Waals surface area contributed by atoms with Crippen LogP contribution in [0.15, 0.2) is 42.5 Å². The summed E-state index contributed by atoms with van der Waals surface area (Å²) in [6, 6.07) is 14.7. The largest absolute Gasteiger partial charge is 0.480 e. The lowest BCUT2D eigenvalue weighted by atomic mass is 10.0. The van der Waals surface area contributed by atoms with Gasteiger partial charge in [0.2, 0.25) is 5.88 Å². The molecule has 1 N–H and O–H groups in total. The van der Waals surface area contributed by atoms with E-state index in [-0.39, 0.29) is 6.04 Å². The maximum atomic E-state index is 5.05. The van der Waals surface area contributed by atoms with Crippen molar-refractivity contribution in [2.75, 3.05) is 13.7 Å². The summed E-state index contributed by atoms with van der Waals surface area (Å²) in [5.41, 5.74) is 2.36. The van der Waals surface area contributed by atoms with Gasteiger partial charge < -0.3 is 10.1 Å². The maximum Gasteiger partial charge on any atom is 0.233 e. The van der Waals surface area contributed by atoms with Gasteiger partial charge in [-0.1, -0.05) is 37.3 Å². The molecule has 1 aromatic heterocycles. The van der Waals surface area contributed by atoms with Crippen molar-refractivity contribution in [1.82, 2.24) is 15.5 Å². The number of ether oxygens (including phenoxy) is 1. The van der Waals surface area contributed by atoms with E-state index in [2.05, 4.69) is 52.8 Å². The fraction of sp³-hybridized carbons (Fsp3) is 0.412. The Balaban J connectivity index is 1.91. The van der Waals surface area contributed by atoms with Crippen molar-refractivity contribution in [3.05, 3.63) is 53.7 Å². The van der Waals surface area contributed by atoms with Crippen molar-refractivity contribution in [3.63, 3.8) is 0 Å². The van der Waals surface area contributed by atoms with Crippen LogP contribution in [0.4, 0.5) is 0 Å².